The van der Waals surface area contributed by atoms with Crippen LogP contribution in [0.5, 0.6) is 0 Å². The highest BCUT2D eigenvalue weighted by Crippen LogP contribution is 2.23. The minimum atomic E-state index is -3.43. The summed E-state index contributed by atoms with van der Waals surface area (Å²) in [5.41, 5.74) is 2.73. The second-order valence-corrected chi connectivity index (χ2v) is 7.65. The lowest BCUT2D eigenvalue weighted by atomic mass is 10.2. The van der Waals surface area contributed by atoms with Gasteiger partial charge in [-0.2, -0.15) is 0 Å². The number of anilines is 2. The van der Waals surface area contributed by atoms with E-state index in [1.165, 1.54) is 0 Å². The van der Waals surface area contributed by atoms with E-state index in [0.29, 0.717) is 11.4 Å². The van der Waals surface area contributed by atoms with Crippen molar-refractivity contribution in [2.24, 2.45) is 0 Å². The minimum Gasteiger partial charge on any atom is -0.335 e. The molecule has 7 heteroatoms. The average Bonchev–Trinajstić information content (AvgIpc) is 2.84. The van der Waals surface area contributed by atoms with Gasteiger partial charge in [0.15, 0.2) is 0 Å². The highest BCUT2D eigenvalue weighted by molar-refractivity contribution is 7.92. The lowest BCUT2D eigenvalue weighted by molar-refractivity contribution is -0.116. The molecule has 1 aromatic heterocycles. The molecule has 1 heterocycles. The van der Waals surface area contributed by atoms with Gasteiger partial charge in [-0.3, -0.25) is 9.52 Å². The molecule has 1 amide bonds. The van der Waals surface area contributed by atoms with Gasteiger partial charge < -0.3 is 9.88 Å². The van der Waals surface area contributed by atoms with Gasteiger partial charge in [-0.05, 0) is 36.6 Å². The van der Waals surface area contributed by atoms with E-state index in [2.05, 4.69) is 10.0 Å². The molecule has 0 spiro atoms. The summed E-state index contributed by atoms with van der Waals surface area (Å²) in [6, 6.07) is 16.6. The van der Waals surface area contributed by atoms with Crippen molar-refractivity contribution in [3.05, 3.63) is 60.3 Å². The van der Waals surface area contributed by atoms with Crippen LogP contribution in [0.2, 0.25) is 0 Å². The zero-order valence-corrected chi connectivity index (χ0v) is 14.8. The molecule has 0 aliphatic heterocycles. The molecule has 0 aliphatic carbocycles. The van der Waals surface area contributed by atoms with E-state index in [9.17, 15) is 13.2 Å². The van der Waals surface area contributed by atoms with Crippen LogP contribution < -0.4 is 10.0 Å². The van der Waals surface area contributed by atoms with E-state index in [-0.39, 0.29) is 12.5 Å². The van der Waals surface area contributed by atoms with Crippen molar-refractivity contribution in [1.29, 1.82) is 0 Å². The standard InChI is InChI=1S/C18H19N3O3S/c1-13-11-14-7-3-6-10-17(14)21(13)12-18(22)19-15-8-4-5-9-16(15)20-25(2,23)24/h3-11,20H,12H2,1-2H3,(H,19,22). The van der Waals surface area contributed by atoms with Crippen molar-refractivity contribution in [2.75, 3.05) is 16.3 Å². The second kappa shape index (κ2) is 6.60. The third-order valence-corrected chi connectivity index (χ3v) is 4.41. The van der Waals surface area contributed by atoms with Crippen LogP contribution in [0.25, 0.3) is 10.9 Å². The zero-order chi connectivity index (χ0) is 18.0. The lowest BCUT2D eigenvalue weighted by Gasteiger charge is -2.13. The molecular formula is C18H19N3O3S. The number of nitrogens with one attached hydrogen (secondary N) is 2. The predicted molar refractivity (Wildman–Crippen MR) is 100 cm³/mol. The molecule has 2 N–H and O–H groups in total. The molecule has 0 bridgehead atoms. The molecular weight excluding hydrogens is 338 g/mol. The van der Waals surface area contributed by atoms with Crippen molar-refractivity contribution in [3.8, 4) is 0 Å². The number of para-hydroxylation sites is 3. The Bertz CT molecular complexity index is 1040. The number of hydrogen-bond donors (Lipinski definition) is 2. The highest BCUT2D eigenvalue weighted by atomic mass is 32.2. The van der Waals surface area contributed by atoms with E-state index in [0.717, 1.165) is 22.9 Å². The fourth-order valence-electron chi connectivity index (χ4n) is 2.77. The van der Waals surface area contributed by atoms with Crippen LogP contribution >= 0.6 is 0 Å². The van der Waals surface area contributed by atoms with Crippen LogP contribution in [-0.2, 0) is 21.4 Å². The topological polar surface area (TPSA) is 80.2 Å². The summed E-state index contributed by atoms with van der Waals surface area (Å²) in [6.45, 7) is 2.10. The molecule has 6 nitrogen and oxygen atoms in total. The van der Waals surface area contributed by atoms with Crippen molar-refractivity contribution in [1.82, 2.24) is 4.57 Å². The van der Waals surface area contributed by atoms with Gasteiger partial charge >= 0.3 is 0 Å². The smallest absolute Gasteiger partial charge is 0.244 e. The van der Waals surface area contributed by atoms with Gasteiger partial charge in [0.25, 0.3) is 0 Å². The molecule has 0 unspecified atom stereocenters. The first kappa shape index (κ1) is 17.0. The van der Waals surface area contributed by atoms with Crippen LogP contribution in [0, 0.1) is 6.92 Å². The Morgan fingerprint density at radius 3 is 2.40 bits per heavy atom. The van der Waals surface area contributed by atoms with Crippen molar-refractivity contribution in [2.45, 2.75) is 13.5 Å². The van der Waals surface area contributed by atoms with Crippen LogP contribution in [-0.4, -0.2) is 25.1 Å². The number of fused-ring (bicyclic) bond motifs is 1. The zero-order valence-electron chi connectivity index (χ0n) is 14.0. The Morgan fingerprint density at radius 2 is 1.68 bits per heavy atom. The third-order valence-electron chi connectivity index (χ3n) is 3.82. The summed E-state index contributed by atoms with van der Waals surface area (Å²) < 4.78 is 27.2. The maximum atomic E-state index is 12.5. The van der Waals surface area contributed by atoms with Gasteiger partial charge in [-0.15, -0.1) is 0 Å². The Balaban J connectivity index is 1.83. The van der Waals surface area contributed by atoms with Crippen LogP contribution in [0.3, 0.4) is 0 Å². The number of benzene rings is 2. The summed E-state index contributed by atoms with van der Waals surface area (Å²) in [6.07, 6.45) is 1.07. The van der Waals surface area contributed by atoms with Crippen molar-refractivity contribution < 1.29 is 13.2 Å². The molecule has 0 fully saturated rings. The summed E-state index contributed by atoms with van der Waals surface area (Å²) in [7, 11) is -3.43. The lowest BCUT2D eigenvalue weighted by Crippen LogP contribution is -2.20. The Morgan fingerprint density at radius 1 is 1.04 bits per heavy atom. The number of hydrogen-bond acceptors (Lipinski definition) is 3. The van der Waals surface area contributed by atoms with Crippen molar-refractivity contribution in [3.63, 3.8) is 0 Å². The number of carbonyl (C=O) groups is 1. The Hall–Kier alpha value is -2.80. The van der Waals surface area contributed by atoms with Crippen molar-refractivity contribution >= 4 is 38.2 Å². The SMILES string of the molecule is Cc1cc2ccccc2n1CC(=O)Nc1ccccc1NS(C)(=O)=O. The number of carbonyl (C=O) groups excluding carboxylic acids is 1. The van der Waals surface area contributed by atoms with E-state index in [1.807, 2.05) is 41.8 Å². The fraction of sp³-hybridized carbons (Fsp3) is 0.167. The van der Waals surface area contributed by atoms with E-state index in [4.69, 9.17) is 0 Å². The average molecular weight is 357 g/mol. The molecule has 3 rings (SSSR count). The van der Waals surface area contributed by atoms with Gasteiger partial charge in [-0.25, -0.2) is 8.42 Å². The molecule has 0 atom stereocenters. The maximum absolute atomic E-state index is 12.5. The number of sulfonamides is 1. The van der Waals surface area contributed by atoms with Crippen LogP contribution in [0.15, 0.2) is 54.6 Å². The molecule has 2 aromatic carbocycles. The number of rotatable bonds is 5. The first-order chi connectivity index (χ1) is 11.8. The van der Waals surface area contributed by atoms with Gasteiger partial charge in [0.2, 0.25) is 15.9 Å². The van der Waals surface area contributed by atoms with Gasteiger partial charge in [0.05, 0.1) is 17.6 Å². The first-order valence-corrected chi connectivity index (χ1v) is 9.64. The number of nitrogens with zero attached hydrogens (tertiary/aromatic N) is 1. The van der Waals surface area contributed by atoms with Crippen LogP contribution in [0.1, 0.15) is 5.69 Å². The van der Waals surface area contributed by atoms with Gasteiger partial charge in [0.1, 0.15) is 6.54 Å². The quantitative estimate of drug-likeness (QED) is 0.737. The van der Waals surface area contributed by atoms with Crippen LogP contribution in [0.4, 0.5) is 11.4 Å². The molecule has 130 valence electrons. The number of aryl methyl sites for hydroxylation is 1. The summed E-state index contributed by atoms with van der Waals surface area (Å²) in [4.78, 5) is 12.5. The molecule has 25 heavy (non-hydrogen) atoms. The molecule has 0 radical (unpaired) electrons. The molecule has 3 aromatic rings. The molecule has 0 saturated heterocycles. The van der Waals surface area contributed by atoms with E-state index >= 15 is 0 Å². The largest absolute Gasteiger partial charge is 0.335 e. The summed E-state index contributed by atoms with van der Waals surface area (Å²) in [5.74, 6) is -0.229. The predicted octanol–water partition coefficient (Wildman–Crippen LogP) is 2.96. The van der Waals surface area contributed by atoms with E-state index in [1.54, 1.807) is 24.3 Å². The first-order valence-electron chi connectivity index (χ1n) is 7.75. The van der Waals surface area contributed by atoms with Gasteiger partial charge in [0, 0.05) is 11.2 Å². The summed E-state index contributed by atoms with van der Waals surface area (Å²) in [5, 5.41) is 3.85. The minimum absolute atomic E-state index is 0.145. The normalized spacial score (nSPS) is 11.4. The Labute approximate surface area is 146 Å². The summed E-state index contributed by atoms with van der Waals surface area (Å²) >= 11 is 0. The Kier molecular flexibility index (Phi) is 4.50. The third kappa shape index (κ3) is 4.00. The monoisotopic (exact) mass is 357 g/mol. The molecule has 0 aliphatic rings. The molecule has 0 saturated carbocycles. The second-order valence-electron chi connectivity index (χ2n) is 5.90. The highest BCUT2D eigenvalue weighted by Gasteiger charge is 2.12. The van der Waals surface area contributed by atoms with Gasteiger partial charge in [-0.1, -0.05) is 30.3 Å². The van der Waals surface area contributed by atoms with E-state index < -0.39 is 10.0 Å². The number of aromatic nitrogens is 1. The number of amides is 1. The fourth-order valence-corrected chi connectivity index (χ4v) is 3.35. The maximum Gasteiger partial charge on any atom is 0.244 e.